The Morgan fingerprint density at radius 1 is 1.40 bits per heavy atom. The van der Waals surface area contributed by atoms with Crippen LogP contribution in [0.4, 0.5) is 4.79 Å². The highest BCUT2D eigenvalue weighted by atomic mass is 16.5. The Hall–Kier alpha value is -2.34. The van der Waals surface area contributed by atoms with E-state index in [2.05, 4.69) is 21.8 Å². The molecule has 1 fully saturated rings. The molecule has 1 aromatic heterocycles. The van der Waals surface area contributed by atoms with Gasteiger partial charge in [-0.2, -0.15) is 5.10 Å². The monoisotopic (exact) mass is 342 g/mol. The average Bonchev–Trinajstić information content (AvgIpc) is 3.23. The van der Waals surface area contributed by atoms with E-state index in [4.69, 9.17) is 4.74 Å². The first-order valence-corrected chi connectivity index (χ1v) is 8.89. The lowest BCUT2D eigenvalue weighted by molar-refractivity contribution is 0.111. The second-order valence-electron chi connectivity index (χ2n) is 6.62. The Balaban J connectivity index is 1.55. The maximum absolute atomic E-state index is 12.1. The summed E-state index contributed by atoms with van der Waals surface area (Å²) in [7, 11) is 0. The minimum atomic E-state index is -0.148. The maximum atomic E-state index is 12.1. The molecular weight excluding hydrogens is 316 g/mol. The molecule has 2 atom stereocenters. The molecule has 2 amide bonds. The van der Waals surface area contributed by atoms with Gasteiger partial charge in [0.1, 0.15) is 0 Å². The number of carbonyl (C=O) groups excluding carboxylic acids is 1. The zero-order chi connectivity index (χ0) is 17.6. The smallest absolute Gasteiger partial charge is 0.315 e. The van der Waals surface area contributed by atoms with Crippen molar-refractivity contribution in [3.05, 3.63) is 47.8 Å². The van der Waals surface area contributed by atoms with E-state index in [9.17, 15) is 4.79 Å². The summed E-state index contributed by atoms with van der Waals surface area (Å²) in [5.41, 5.74) is 3.07. The van der Waals surface area contributed by atoms with Gasteiger partial charge >= 0.3 is 6.03 Å². The van der Waals surface area contributed by atoms with Gasteiger partial charge in [0.15, 0.2) is 0 Å². The fourth-order valence-corrected chi connectivity index (χ4v) is 3.14. The highest BCUT2D eigenvalue weighted by Gasteiger charge is 2.17. The van der Waals surface area contributed by atoms with Crippen LogP contribution in [0.25, 0.3) is 5.69 Å². The van der Waals surface area contributed by atoms with E-state index in [0.29, 0.717) is 13.0 Å². The second-order valence-corrected chi connectivity index (χ2v) is 6.62. The predicted octanol–water partition coefficient (Wildman–Crippen LogP) is 2.59. The van der Waals surface area contributed by atoms with Crippen LogP contribution >= 0.6 is 0 Å². The summed E-state index contributed by atoms with van der Waals surface area (Å²) < 4.78 is 7.46. The van der Waals surface area contributed by atoms with Gasteiger partial charge < -0.3 is 15.4 Å². The van der Waals surface area contributed by atoms with Crippen molar-refractivity contribution in [3.8, 4) is 5.69 Å². The van der Waals surface area contributed by atoms with E-state index in [0.717, 1.165) is 36.5 Å². The van der Waals surface area contributed by atoms with Gasteiger partial charge in [-0.25, -0.2) is 9.48 Å². The molecule has 0 aliphatic carbocycles. The highest BCUT2D eigenvalue weighted by molar-refractivity contribution is 5.74. The van der Waals surface area contributed by atoms with Gasteiger partial charge in [0.2, 0.25) is 0 Å². The molecule has 1 aliphatic rings. The number of aromatic nitrogens is 2. The van der Waals surface area contributed by atoms with Crippen LogP contribution in [0.3, 0.4) is 0 Å². The Morgan fingerprint density at radius 2 is 2.20 bits per heavy atom. The summed E-state index contributed by atoms with van der Waals surface area (Å²) >= 11 is 0. The van der Waals surface area contributed by atoms with Gasteiger partial charge in [-0.1, -0.05) is 18.2 Å². The number of hydrogen-bond acceptors (Lipinski definition) is 3. The molecule has 6 nitrogen and oxygen atoms in total. The molecule has 1 aromatic carbocycles. The largest absolute Gasteiger partial charge is 0.376 e. The van der Waals surface area contributed by atoms with Gasteiger partial charge in [-0.3, -0.25) is 0 Å². The Labute approximate surface area is 148 Å². The molecule has 2 heterocycles. The first-order chi connectivity index (χ1) is 12.1. The number of para-hydroxylation sites is 1. The van der Waals surface area contributed by atoms with E-state index in [1.165, 1.54) is 0 Å². The molecule has 0 unspecified atom stereocenters. The van der Waals surface area contributed by atoms with Gasteiger partial charge in [0.05, 0.1) is 17.5 Å². The maximum Gasteiger partial charge on any atom is 0.315 e. The lowest BCUT2D eigenvalue weighted by Gasteiger charge is -2.17. The third kappa shape index (κ3) is 4.82. The Bertz CT molecular complexity index is 693. The van der Waals surface area contributed by atoms with Crippen LogP contribution in [0, 0.1) is 6.92 Å². The zero-order valence-corrected chi connectivity index (χ0v) is 14.9. The van der Waals surface area contributed by atoms with Crippen LogP contribution in [-0.4, -0.2) is 41.1 Å². The van der Waals surface area contributed by atoms with Crippen LogP contribution in [0.15, 0.2) is 36.4 Å². The third-order valence-corrected chi connectivity index (χ3v) is 4.31. The third-order valence-electron chi connectivity index (χ3n) is 4.31. The minimum absolute atomic E-state index is 0.00283. The van der Waals surface area contributed by atoms with Gasteiger partial charge in [0.25, 0.3) is 0 Å². The Morgan fingerprint density at radius 3 is 2.92 bits per heavy atom. The summed E-state index contributed by atoms with van der Waals surface area (Å²) in [4.78, 5) is 12.1. The molecule has 3 rings (SSSR count). The van der Waals surface area contributed by atoms with Crippen molar-refractivity contribution in [3.63, 3.8) is 0 Å². The number of nitrogens with zero attached hydrogens (tertiary/aromatic N) is 2. The molecule has 1 aliphatic heterocycles. The summed E-state index contributed by atoms with van der Waals surface area (Å²) in [6, 6.07) is 12.0. The Kier molecular flexibility index (Phi) is 5.71. The molecule has 25 heavy (non-hydrogen) atoms. The lowest BCUT2D eigenvalue weighted by Crippen LogP contribution is -2.44. The minimum Gasteiger partial charge on any atom is -0.376 e. The fraction of sp³-hybridized carbons (Fsp3) is 0.474. The zero-order valence-electron chi connectivity index (χ0n) is 14.9. The molecule has 134 valence electrons. The van der Waals surface area contributed by atoms with Crippen molar-refractivity contribution in [1.29, 1.82) is 0 Å². The molecule has 2 N–H and O–H groups in total. The summed E-state index contributed by atoms with van der Waals surface area (Å²) in [5, 5.41) is 10.5. The van der Waals surface area contributed by atoms with Crippen molar-refractivity contribution in [2.24, 2.45) is 0 Å². The van der Waals surface area contributed by atoms with Crippen molar-refractivity contribution >= 4 is 6.03 Å². The van der Waals surface area contributed by atoms with Crippen LogP contribution in [0.1, 0.15) is 31.2 Å². The van der Waals surface area contributed by atoms with Gasteiger partial charge in [0, 0.05) is 31.3 Å². The quantitative estimate of drug-likeness (QED) is 0.848. The highest BCUT2D eigenvalue weighted by Crippen LogP contribution is 2.14. The molecule has 0 bridgehead atoms. The number of hydrogen-bond donors (Lipinski definition) is 2. The lowest BCUT2D eigenvalue weighted by atomic mass is 10.1. The normalized spacial score (nSPS) is 18.1. The molecule has 0 radical (unpaired) electrons. The van der Waals surface area contributed by atoms with Crippen LogP contribution in [0.2, 0.25) is 0 Å². The van der Waals surface area contributed by atoms with Crippen LogP contribution in [0.5, 0.6) is 0 Å². The van der Waals surface area contributed by atoms with Crippen molar-refractivity contribution in [1.82, 2.24) is 20.4 Å². The fourth-order valence-electron chi connectivity index (χ4n) is 3.14. The number of nitrogens with one attached hydrogen (secondary N) is 2. The van der Waals surface area contributed by atoms with E-state index >= 15 is 0 Å². The predicted molar refractivity (Wildman–Crippen MR) is 97.0 cm³/mol. The van der Waals surface area contributed by atoms with Crippen molar-refractivity contribution in [2.45, 2.75) is 45.3 Å². The van der Waals surface area contributed by atoms with Crippen molar-refractivity contribution < 1.29 is 9.53 Å². The topological polar surface area (TPSA) is 68.2 Å². The first kappa shape index (κ1) is 17.5. The SMILES string of the molecule is Cc1cc(C[C@H](C)NC(=O)NC[C@@H]2CCCO2)n(-c2ccccc2)n1. The number of amides is 2. The number of rotatable bonds is 6. The second kappa shape index (κ2) is 8.16. The molecule has 0 saturated carbocycles. The van der Waals surface area contributed by atoms with E-state index in [-0.39, 0.29) is 18.2 Å². The van der Waals surface area contributed by atoms with E-state index in [1.54, 1.807) is 0 Å². The average molecular weight is 342 g/mol. The number of aryl methyl sites for hydroxylation is 1. The molecular formula is C19H26N4O2. The molecule has 1 saturated heterocycles. The van der Waals surface area contributed by atoms with E-state index in [1.807, 2.05) is 48.9 Å². The molecule has 0 spiro atoms. The number of benzene rings is 1. The first-order valence-electron chi connectivity index (χ1n) is 8.89. The van der Waals surface area contributed by atoms with Gasteiger partial charge in [-0.05, 0) is 44.9 Å². The number of ether oxygens (including phenoxy) is 1. The molecule has 6 heteroatoms. The van der Waals surface area contributed by atoms with Crippen molar-refractivity contribution in [2.75, 3.05) is 13.2 Å². The summed E-state index contributed by atoms with van der Waals surface area (Å²) in [6.07, 6.45) is 2.96. The van der Waals surface area contributed by atoms with Crippen LogP contribution in [-0.2, 0) is 11.2 Å². The van der Waals surface area contributed by atoms with E-state index < -0.39 is 0 Å². The number of carbonyl (C=O) groups is 1. The van der Waals surface area contributed by atoms with Gasteiger partial charge in [-0.15, -0.1) is 0 Å². The molecule has 2 aromatic rings. The summed E-state index contributed by atoms with van der Waals surface area (Å²) in [5.74, 6) is 0. The van der Waals surface area contributed by atoms with Crippen LogP contribution < -0.4 is 10.6 Å². The standard InChI is InChI=1S/C19H26N4O2/c1-14(21-19(24)20-13-18-9-6-10-25-18)11-17-12-15(2)22-23(17)16-7-4-3-5-8-16/h3-5,7-8,12,14,18H,6,9-11,13H2,1-2H3,(H2,20,21,24)/t14-,18-/m0/s1. The summed E-state index contributed by atoms with van der Waals surface area (Å²) in [6.45, 7) is 5.35. The number of urea groups is 1.